The monoisotopic (exact) mass is 575 g/mol. The van der Waals surface area contributed by atoms with Crippen LogP contribution in [0.25, 0.3) is 10.8 Å². The van der Waals surface area contributed by atoms with Crippen LogP contribution in [-0.2, 0) is 16.1 Å². The number of nitrogens with zero attached hydrogens (tertiary/aromatic N) is 1. The van der Waals surface area contributed by atoms with E-state index in [-0.39, 0.29) is 30.8 Å². The Morgan fingerprint density at radius 1 is 1.19 bits per heavy atom. The number of anilines is 1. The van der Waals surface area contributed by atoms with Gasteiger partial charge in [-0.2, -0.15) is 0 Å². The van der Waals surface area contributed by atoms with E-state index in [1.54, 1.807) is 26.0 Å². The van der Waals surface area contributed by atoms with Gasteiger partial charge in [-0.1, -0.05) is 40.2 Å². The van der Waals surface area contributed by atoms with Crippen LogP contribution in [0.5, 0.6) is 11.5 Å². The smallest absolute Gasteiger partial charge is 0.254 e. The number of hydrogen-bond donors (Lipinski definition) is 2. The van der Waals surface area contributed by atoms with Gasteiger partial charge in [0.2, 0.25) is 5.91 Å². The Morgan fingerprint density at radius 2 is 1.92 bits per heavy atom. The first-order chi connectivity index (χ1) is 16.7. The molecule has 2 amide bonds. The third kappa shape index (κ3) is 5.31. The van der Waals surface area contributed by atoms with E-state index >= 15 is 0 Å². The Labute approximate surface area is 226 Å². The number of carbonyl (C=O) groups is 2. The molecule has 2 N–H and O–H groups in total. The fourth-order valence-electron chi connectivity index (χ4n) is 4.34. The zero-order valence-electron chi connectivity index (χ0n) is 20.9. The Kier molecular flexibility index (Phi) is 8.54. The van der Waals surface area contributed by atoms with Gasteiger partial charge >= 0.3 is 0 Å². The lowest BCUT2D eigenvalue weighted by atomic mass is 9.96. The maximum Gasteiger partial charge on any atom is 0.254 e. The van der Waals surface area contributed by atoms with E-state index in [4.69, 9.17) is 9.47 Å². The predicted octanol–water partition coefficient (Wildman–Crippen LogP) is 4.83. The van der Waals surface area contributed by atoms with Crippen molar-refractivity contribution >= 4 is 56.6 Å². The molecule has 2 atom stereocenters. The summed E-state index contributed by atoms with van der Waals surface area (Å²) in [4.78, 5) is 28.6. The van der Waals surface area contributed by atoms with Gasteiger partial charge in [-0.15, -0.1) is 12.4 Å². The van der Waals surface area contributed by atoms with Gasteiger partial charge in [0.05, 0.1) is 25.4 Å². The molecule has 1 heterocycles. The van der Waals surface area contributed by atoms with Gasteiger partial charge in [0, 0.05) is 10.0 Å². The lowest BCUT2D eigenvalue weighted by Crippen LogP contribution is -2.61. The molecule has 0 aliphatic carbocycles. The van der Waals surface area contributed by atoms with Gasteiger partial charge in [-0.05, 0) is 68.9 Å². The lowest BCUT2D eigenvalue weighted by molar-refractivity contribution is -0.132. The lowest BCUT2D eigenvalue weighted by Gasteiger charge is -2.33. The van der Waals surface area contributed by atoms with E-state index in [1.165, 1.54) is 0 Å². The number of benzene rings is 3. The molecule has 1 unspecified atom stereocenters. The van der Waals surface area contributed by atoms with E-state index in [1.807, 2.05) is 68.4 Å². The number of halogens is 2. The van der Waals surface area contributed by atoms with Crippen LogP contribution in [0.4, 0.5) is 5.69 Å². The quantitative estimate of drug-likeness (QED) is 0.440. The van der Waals surface area contributed by atoms with Crippen LogP contribution >= 0.6 is 28.3 Å². The minimum absolute atomic E-state index is 0. The van der Waals surface area contributed by atoms with Crippen LogP contribution in [0.2, 0.25) is 0 Å². The molecule has 36 heavy (non-hydrogen) atoms. The van der Waals surface area contributed by atoms with Crippen molar-refractivity contribution in [2.75, 3.05) is 19.1 Å². The fraction of sp³-hybridized carbons (Fsp3) is 0.333. The number of hydrogen-bond acceptors (Lipinski definition) is 5. The maximum absolute atomic E-state index is 14.1. The van der Waals surface area contributed by atoms with Crippen LogP contribution in [0.1, 0.15) is 26.3 Å². The zero-order chi connectivity index (χ0) is 25.3. The summed E-state index contributed by atoms with van der Waals surface area (Å²) in [6.07, 6.45) is 0. The number of amides is 2. The third-order valence-corrected chi connectivity index (χ3v) is 6.93. The first kappa shape index (κ1) is 27.8. The molecule has 0 spiro atoms. The molecule has 1 aliphatic heterocycles. The van der Waals surface area contributed by atoms with E-state index in [9.17, 15) is 9.59 Å². The standard InChI is InChI=1S/C27H30BrN3O4.ClH/c1-16(29-4)25(32)30-24-26(33)31(21-8-6-7-9-23(21)35-27(24,2)3)15-20-19-12-11-18(28)14-17(19)10-13-22(20)34-5;/h6-14,16,24,29H,15H2,1-5H3,(H,30,32);1H/t16-,24?;/m0./s1. The van der Waals surface area contributed by atoms with Crippen molar-refractivity contribution in [3.63, 3.8) is 0 Å². The molecular weight excluding hydrogens is 546 g/mol. The van der Waals surface area contributed by atoms with Crippen molar-refractivity contribution < 1.29 is 19.1 Å². The summed E-state index contributed by atoms with van der Waals surface area (Å²) in [5, 5.41) is 7.84. The molecule has 0 radical (unpaired) electrons. The number of fused-ring (bicyclic) bond motifs is 2. The molecule has 0 saturated carbocycles. The van der Waals surface area contributed by atoms with Crippen molar-refractivity contribution in [1.29, 1.82) is 0 Å². The Morgan fingerprint density at radius 3 is 2.61 bits per heavy atom. The van der Waals surface area contributed by atoms with Gasteiger partial charge in [-0.3, -0.25) is 9.59 Å². The summed E-state index contributed by atoms with van der Waals surface area (Å²) in [6, 6.07) is 16.0. The van der Waals surface area contributed by atoms with Crippen LogP contribution in [-0.4, -0.2) is 43.7 Å². The molecule has 0 saturated heterocycles. The SMILES string of the molecule is CN[C@@H](C)C(=O)NC1C(=O)N(Cc2c(OC)ccc3cc(Br)ccc23)c2ccccc2OC1(C)C.Cl. The highest BCUT2D eigenvalue weighted by Gasteiger charge is 2.45. The molecule has 3 aromatic rings. The normalized spacial score (nSPS) is 17.3. The van der Waals surface area contributed by atoms with E-state index < -0.39 is 17.7 Å². The van der Waals surface area contributed by atoms with Gasteiger partial charge in [-0.25, -0.2) is 0 Å². The first-order valence-corrected chi connectivity index (χ1v) is 12.3. The summed E-state index contributed by atoms with van der Waals surface area (Å²) in [6.45, 7) is 5.62. The van der Waals surface area contributed by atoms with Crippen LogP contribution in [0.3, 0.4) is 0 Å². The van der Waals surface area contributed by atoms with E-state index in [0.717, 1.165) is 20.8 Å². The Balaban J connectivity index is 0.00000361. The molecule has 0 aromatic heterocycles. The zero-order valence-corrected chi connectivity index (χ0v) is 23.3. The van der Waals surface area contributed by atoms with E-state index in [2.05, 4.69) is 26.6 Å². The topological polar surface area (TPSA) is 79.9 Å². The number of nitrogens with one attached hydrogen (secondary N) is 2. The second kappa shape index (κ2) is 11.1. The number of ether oxygens (including phenoxy) is 2. The molecule has 9 heteroatoms. The average Bonchev–Trinajstić information content (AvgIpc) is 2.91. The van der Waals surface area contributed by atoms with Gasteiger partial charge in [0.25, 0.3) is 5.91 Å². The summed E-state index contributed by atoms with van der Waals surface area (Å²) in [5.41, 5.74) is 0.521. The highest BCUT2D eigenvalue weighted by atomic mass is 79.9. The van der Waals surface area contributed by atoms with Crippen molar-refractivity contribution in [3.8, 4) is 11.5 Å². The van der Waals surface area contributed by atoms with Crippen LogP contribution < -0.4 is 25.0 Å². The van der Waals surface area contributed by atoms with Crippen molar-refractivity contribution in [3.05, 3.63) is 64.6 Å². The molecule has 0 bridgehead atoms. The number of methoxy groups -OCH3 is 1. The van der Waals surface area contributed by atoms with Gasteiger partial charge < -0.3 is 25.0 Å². The highest BCUT2D eigenvalue weighted by molar-refractivity contribution is 9.10. The first-order valence-electron chi connectivity index (χ1n) is 11.5. The van der Waals surface area contributed by atoms with E-state index in [0.29, 0.717) is 17.2 Å². The van der Waals surface area contributed by atoms with Crippen molar-refractivity contribution in [1.82, 2.24) is 10.6 Å². The van der Waals surface area contributed by atoms with Gasteiger partial charge in [0.15, 0.2) is 0 Å². The molecule has 3 aromatic carbocycles. The number of para-hydroxylation sites is 2. The highest BCUT2D eigenvalue weighted by Crippen LogP contribution is 2.39. The summed E-state index contributed by atoms with van der Waals surface area (Å²) in [7, 11) is 3.32. The number of rotatable bonds is 6. The minimum atomic E-state index is -0.987. The summed E-state index contributed by atoms with van der Waals surface area (Å²) in [5.74, 6) is 0.721. The number of carbonyl (C=O) groups excluding carboxylic acids is 2. The second-order valence-electron chi connectivity index (χ2n) is 9.16. The Bertz CT molecular complexity index is 1280. The number of likely N-dealkylation sites (N-methyl/N-ethyl adjacent to an activating group) is 1. The summed E-state index contributed by atoms with van der Waals surface area (Å²) >= 11 is 3.54. The Hall–Kier alpha value is -2.81. The van der Waals surface area contributed by atoms with Crippen molar-refractivity contribution in [2.24, 2.45) is 0 Å². The summed E-state index contributed by atoms with van der Waals surface area (Å²) < 4.78 is 13.0. The second-order valence-corrected chi connectivity index (χ2v) is 10.1. The molecule has 7 nitrogen and oxygen atoms in total. The maximum atomic E-state index is 14.1. The van der Waals surface area contributed by atoms with Crippen LogP contribution in [0.15, 0.2) is 59.1 Å². The van der Waals surface area contributed by atoms with Crippen molar-refractivity contribution in [2.45, 2.75) is 45.0 Å². The molecular formula is C27H31BrClN3O4. The molecule has 0 fully saturated rings. The minimum Gasteiger partial charge on any atom is -0.496 e. The largest absolute Gasteiger partial charge is 0.496 e. The third-order valence-electron chi connectivity index (χ3n) is 6.44. The van der Waals surface area contributed by atoms with Gasteiger partial charge in [0.1, 0.15) is 23.1 Å². The average molecular weight is 577 g/mol. The molecule has 1 aliphatic rings. The van der Waals surface area contributed by atoms with Crippen LogP contribution in [0, 0.1) is 0 Å². The predicted molar refractivity (Wildman–Crippen MR) is 148 cm³/mol. The fourth-order valence-corrected chi connectivity index (χ4v) is 4.71. The molecule has 4 rings (SSSR count). The molecule has 192 valence electrons.